The van der Waals surface area contributed by atoms with Gasteiger partial charge in [0, 0.05) is 18.1 Å². The molecule has 0 unspecified atom stereocenters. The van der Waals surface area contributed by atoms with E-state index in [1.54, 1.807) is 0 Å². The van der Waals surface area contributed by atoms with E-state index in [2.05, 4.69) is 30.8 Å². The van der Waals surface area contributed by atoms with Crippen molar-refractivity contribution < 1.29 is 42.6 Å². The fourth-order valence-electron chi connectivity index (χ4n) is 2.39. The van der Waals surface area contributed by atoms with Crippen molar-refractivity contribution in [1.82, 2.24) is 0 Å². The molecule has 0 aliphatic heterocycles. The second-order valence-corrected chi connectivity index (χ2v) is 8.78. The van der Waals surface area contributed by atoms with Crippen LogP contribution in [0.25, 0.3) is 10.4 Å². The van der Waals surface area contributed by atoms with Crippen LogP contribution in [0.4, 0.5) is 0 Å². The minimum Gasteiger partial charge on any atom is -0.379 e. The Bertz CT molecular complexity index is 490. The highest BCUT2D eigenvalue weighted by atomic mass is 16.6. The molecule has 0 saturated carbocycles. The second-order valence-electron chi connectivity index (χ2n) is 8.78. The van der Waals surface area contributed by atoms with Gasteiger partial charge in [0.15, 0.2) is 0 Å². The Kier molecular flexibility index (Phi) is 27.7. The van der Waals surface area contributed by atoms with Crippen LogP contribution in [0, 0.1) is 5.41 Å². The summed E-state index contributed by atoms with van der Waals surface area (Å²) in [4.78, 5) is 2.64. The number of rotatable bonds is 29. The standard InChI is InChI=1S/C24H49N3O9/c1-24(2,3)4-6-28-8-10-30-12-14-32-16-18-34-20-22-36-23-21-35-19-17-33-15-13-31-11-9-29-7-5-26-27-25/h4-23H2,1-3H3. The molecule has 36 heavy (non-hydrogen) atoms. The maximum Gasteiger partial charge on any atom is 0.0701 e. The van der Waals surface area contributed by atoms with Crippen LogP contribution in [0.2, 0.25) is 0 Å². The van der Waals surface area contributed by atoms with Gasteiger partial charge in [0.1, 0.15) is 0 Å². The van der Waals surface area contributed by atoms with Gasteiger partial charge in [-0.1, -0.05) is 25.9 Å². The zero-order valence-corrected chi connectivity index (χ0v) is 22.7. The van der Waals surface area contributed by atoms with E-state index in [1.807, 2.05) is 0 Å². The quantitative estimate of drug-likeness (QED) is 0.0628. The van der Waals surface area contributed by atoms with Crippen molar-refractivity contribution in [3.8, 4) is 0 Å². The molecule has 12 heteroatoms. The highest BCUT2D eigenvalue weighted by Crippen LogP contribution is 2.17. The van der Waals surface area contributed by atoms with E-state index in [4.69, 9.17) is 48.2 Å². The van der Waals surface area contributed by atoms with Crippen LogP contribution in [0.3, 0.4) is 0 Å². The zero-order valence-electron chi connectivity index (χ0n) is 22.7. The Hall–Kier alpha value is -1.05. The molecule has 0 spiro atoms. The Morgan fingerprint density at radius 1 is 0.444 bits per heavy atom. The highest BCUT2D eigenvalue weighted by Gasteiger charge is 2.08. The lowest BCUT2D eigenvalue weighted by Gasteiger charge is -2.17. The van der Waals surface area contributed by atoms with Crippen LogP contribution in [0.1, 0.15) is 27.2 Å². The third-order valence-corrected chi connectivity index (χ3v) is 4.37. The summed E-state index contributed by atoms with van der Waals surface area (Å²) in [5.74, 6) is 0. The second kappa shape index (κ2) is 28.5. The lowest BCUT2D eigenvalue weighted by atomic mass is 9.93. The summed E-state index contributed by atoms with van der Waals surface area (Å²) in [5, 5.41) is 3.37. The van der Waals surface area contributed by atoms with E-state index in [0.29, 0.717) is 124 Å². The first-order chi connectivity index (χ1) is 17.6. The van der Waals surface area contributed by atoms with Gasteiger partial charge in [0.05, 0.1) is 112 Å². The third-order valence-electron chi connectivity index (χ3n) is 4.37. The molecule has 0 aliphatic rings. The van der Waals surface area contributed by atoms with E-state index in [9.17, 15) is 0 Å². The summed E-state index contributed by atoms with van der Waals surface area (Å²) < 4.78 is 48.8. The van der Waals surface area contributed by atoms with E-state index in [-0.39, 0.29) is 0 Å². The first-order valence-corrected chi connectivity index (χ1v) is 12.8. The maximum atomic E-state index is 8.11. The van der Waals surface area contributed by atoms with Crippen LogP contribution in [0.15, 0.2) is 5.11 Å². The van der Waals surface area contributed by atoms with Crippen LogP contribution in [-0.2, 0) is 42.6 Å². The first kappa shape index (κ1) is 35.0. The molecule has 0 heterocycles. The fraction of sp³-hybridized carbons (Fsp3) is 1.00. The van der Waals surface area contributed by atoms with Gasteiger partial charge in [-0.25, -0.2) is 0 Å². The number of azide groups is 1. The average Bonchev–Trinajstić information content (AvgIpc) is 2.84. The Balaban J connectivity index is 3.05. The maximum absolute atomic E-state index is 8.11. The van der Waals surface area contributed by atoms with Gasteiger partial charge in [-0.3, -0.25) is 0 Å². The Morgan fingerprint density at radius 2 is 0.694 bits per heavy atom. The minimum absolute atomic E-state index is 0.306. The smallest absolute Gasteiger partial charge is 0.0701 e. The summed E-state index contributed by atoms with van der Waals surface area (Å²) in [6.07, 6.45) is 1.05. The highest BCUT2D eigenvalue weighted by molar-refractivity contribution is 4.59. The molecular weight excluding hydrogens is 474 g/mol. The van der Waals surface area contributed by atoms with Crippen LogP contribution >= 0.6 is 0 Å². The van der Waals surface area contributed by atoms with E-state index in [0.717, 1.165) is 13.0 Å². The Labute approximate surface area is 216 Å². The predicted octanol–water partition coefficient (Wildman–Crippen LogP) is 2.88. The number of ether oxygens (including phenoxy) is 9. The number of nitrogens with zero attached hydrogens (tertiary/aromatic N) is 3. The molecule has 0 radical (unpaired) electrons. The van der Waals surface area contributed by atoms with Crippen molar-refractivity contribution in [2.24, 2.45) is 10.5 Å². The van der Waals surface area contributed by atoms with Crippen LogP contribution < -0.4 is 0 Å². The normalized spacial score (nSPS) is 11.6. The van der Waals surface area contributed by atoms with Crippen LogP contribution in [0.5, 0.6) is 0 Å². The van der Waals surface area contributed by atoms with Gasteiger partial charge in [-0.05, 0) is 17.4 Å². The molecule has 0 fully saturated rings. The largest absolute Gasteiger partial charge is 0.379 e. The molecule has 0 saturated heterocycles. The van der Waals surface area contributed by atoms with Gasteiger partial charge in [-0.15, -0.1) is 0 Å². The zero-order chi connectivity index (χ0) is 26.4. The van der Waals surface area contributed by atoms with Crippen molar-refractivity contribution in [2.45, 2.75) is 27.2 Å². The summed E-state index contributed by atoms with van der Waals surface area (Å²) >= 11 is 0. The molecule has 0 aromatic heterocycles. The molecule has 0 aliphatic carbocycles. The number of hydrogen-bond acceptors (Lipinski definition) is 10. The molecule has 0 bridgehead atoms. The van der Waals surface area contributed by atoms with Gasteiger partial charge in [-0.2, -0.15) is 0 Å². The van der Waals surface area contributed by atoms with Crippen molar-refractivity contribution in [2.75, 3.05) is 125 Å². The summed E-state index contributed by atoms with van der Waals surface area (Å²) in [5.41, 5.74) is 8.42. The summed E-state index contributed by atoms with van der Waals surface area (Å²) in [6, 6.07) is 0. The van der Waals surface area contributed by atoms with E-state index >= 15 is 0 Å². The van der Waals surface area contributed by atoms with Gasteiger partial charge in [0.25, 0.3) is 0 Å². The third kappa shape index (κ3) is 33.0. The summed E-state index contributed by atoms with van der Waals surface area (Å²) in [7, 11) is 0. The molecular formula is C24H49N3O9. The van der Waals surface area contributed by atoms with Crippen molar-refractivity contribution in [1.29, 1.82) is 0 Å². The first-order valence-electron chi connectivity index (χ1n) is 12.8. The minimum atomic E-state index is 0.306. The topological polar surface area (TPSA) is 132 Å². The number of hydrogen-bond donors (Lipinski definition) is 0. The molecule has 0 N–H and O–H groups in total. The predicted molar refractivity (Wildman–Crippen MR) is 135 cm³/mol. The van der Waals surface area contributed by atoms with Gasteiger partial charge >= 0.3 is 0 Å². The van der Waals surface area contributed by atoms with Crippen LogP contribution in [-0.4, -0.2) is 125 Å². The summed E-state index contributed by atoms with van der Waals surface area (Å²) in [6.45, 7) is 16.5. The molecule has 0 rings (SSSR count). The molecule has 0 atom stereocenters. The van der Waals surface area contributed by atoms with E-state index < -0.39 is 0 Å². The van der Waals surface area contributed by atoms with Gasteiger partial charge < -0.3 is 42.6 Å². The van der Waals surface area contributed by atoms with E-state index in [1.165, 1.54) is 0 Å². The van der Waals surface area contributed by atoms with Crippen molar-refractivity contribution >= 4 is 0 Å². The monoisotopic (exact) mass is 523 g/mol. The molecule has 0 aromatic rings. The molecule has 0 amide bonds. The molecule has 214 valence electrons. The Morgan fingerprint density at radius 3 is 0.944 bits per heavy atom. The SMILES string of the molecule is CC(C)(C)CCOCCOCCOCCOCCOCCOCCOCCOCCOCCN=[N+]=[N-]. The lowest BCUT2D eigenvalue weighted by Crippen LogP contribution is -2.15. The van der Waals surface area contributed by atoms with Crippen molar-refractivity contribution in [3.05, 3.63) is 10.4 Å². The molecule has 0 aromatic carbocycles. The lowest BCUT2D eigenvalue weighted by molar-refractivity contribution is -0.0252. The van der Waals surface area contributed by atoms with Crippen molar-refractivity contribution in [3.63, 3.8) is 0 Å². The van der Waals surface area contributed by atoms with Gasteiger partial charge in [0.2, 0.25) is 0 Å². The average molecular weight is 524 g/mol. The molecule has 12 nitrogen and oxygen atoms in total. The fourth-order valence-corrected chi connectivity index (χ4v) is 2.39.